The maximum atomic E-state index is 10.3. The van der Waals surface area contributed by atoms with Crippen LogP contribution in [0.15, 0.2) is 0 Å². The summed E-state index contributed by atoms with van der Waals surface area (Å²) in [4.78, 5) is 10.3. The van der Waals surface area contributed by atoms with E-state index in [9.17, 15) is 4.79 Å². The monoisotopic (exact) mass is 114 g/mol. The van der Waals surface area contributed by atoms with E-state index in [1.807, 2.05) is 0 Å². The van der Waals surface area contributed by atoms with E-state index >= 15 is 0 Å². The molecule has 0 unspecified atom stereocenters. The van der Waals surface area contributed by atoms with Crippen LogP contribution in [-0.2, 0) is 4.79 Å². The first-order valence-electron chi connectivity index (χ1n) is 2.76. The zero-order valence-corrected chi connectivity index (χ0v) is 4.63. The molecule has 1 saturated carbocycles. The van der Waals surface area contributed by atoms with Gasteiger partial charge in [-0.05, 0) is 12.8 Å². The maximum Gasteiger partial charge on any atom is 0.222 e. The van der Waals surface area contributed by atoms with Gasteiger partial charge in [0, 0.05) is 6.04 Å². The second-order valence-corrected chi connectivity index (χ2v) is 2.25. The Balaban J connectivity index is 2.37. The standard InChI is InChI=1S/C5H10N2O/c6-4-2-1-3(4)5(7)8/h3-4H,1-2,6H2,(H2,7,8)/t3-,4-/m1/s1. The van der Waals surface area contributed by atoms with Crippen molar-refractivity contribution in [3.8, 4) is 0 Å². The van der Waals surface area contributed by atoms with Gasteiger partial charge < -0.3 is 11.5 Å². The van der Waals surface area contributed by atoms with Gasteiger partial charge in [0.2, 0.25) is 5.91 Å². The van der Waals surface area contributed by atoms with Gasteiger partial charge in [-0.15, -0.1) is 0 Å². The Morgan fingerprint density at radius 2 is 2.12 bits per heavy atom. The molecule has 2 atom stereocenters. The van der Waals surface area contributed by atoms with Crippen molar-refractivity contribution in [1.82, 2.24) is 0 Å². The molecular formula is C5H10N2O. The zero-order valence-electron chi connectivity index (χ0n) is 4.63. The van der Waals surface area contributed by atoms with E-state index in [-0.39, 0.29) is 17.9 Å². The average molecular weight is 114 g/mol. The molecule has 0 saturated heterocycles. The summed E-state index contributed by atoms with van der Waals surface area (Å²) in [5.41, 5.74) is 10.4. The summed E-state index contributed by atoms with van der Waals surface area (Å²) in [7, 11) is 0. The van der Waals surface area contributed by atoms with Crippen molar-refractivity contribution in [1.29, 1.82) is 0 Å². The summed E-state index contributed by atoms with van der Waals surface area (Å²) in [5, 5.41) is 0. The SMILES string of the molecule is NC(=O)[C@@H]1CC[C@H]1N. The third kappa shape index (κ3) is 0.690. The van der Waals surface area contributed by atoms with E-state index < -0.39 is 0 Å². The van der Waals surface area contributed by atoms with Crippen LogP contribution in [0.3, 0.4) is 0 Å². The largest absolute Gasteiger partial charge is 0.369 e. The molecule has 46 valence electrons. The molecule has 1 aliphatic carbocycles. The highest BCUT2D eigenvalue weighted by Crippen LogP contribution is 2.24. The predicted octanol–water partition coefficient (Wildman–Crippen LogP) is -0.791. The van der Waals surface area contributed by atoms with Crippen LogP contribution in [0.2, 0.25) is 0 Å². The van der Waals surface area contributed by atoms with Gasteiger partial charge in [-0.1, -0.05) is 0 Å². The summed E-state index contributed by atoms with van der Waals surface area (Å²) >= 11 is 0. The van der Waals surface area contributed by atoms with E-state index in [0.29, 0.717) is 0 Å². The van der Waals surface area contributed by atoms with Crippen LogP contribution in [0, 0.1) is 5.92 Å². The summed E-state index contributed by atoms with van der Waals surface area (Å²) in [6.45, 7) is 0. The second kappa shape index (κ2) is 1.74. The minimum Gasteiger partial charge on any atom is -0.369 e. The van der Waals surface area contributed by atoms with Gasteiger partial charge in [0.15, 0.2) is 0 Å². The number of hydrogen-bond donors (Lipinski definition) is 2. The maximum absolute atomic E-state index is 10.3. The van der Waals surface area contributed by atoms with Crippen molar-refractivity contribution in [3.63, 3.8) is 0 Å². The minimum atomic E-state index is -0.247. The first-order valence-corrected chi connectivity index (χ1v) is 2.76. The van der Waals surface area contributed by atoms with Gasteiger partial charge in [0.25, 0.3) is 0 Å². The molecule has 8 heavy (non-hydrogen) atoms. The number of amides is 1. The van der Waals surface area contributed by atoms with E-state index in [1.165, 1.54) is 0 Å². The Labute approximate surface area is 48.0 Å². The normalized spacial score (nSPS) is 36.1. The Hall–Kier alpha value is -0.570. The lowest BCUT2D eigenvalue weighted by molar-refractivity contribution is -0.124. The summed E-state index contributed by atoms with van der Waals surface area (Å²) in [6, 6.07) is 0.0486. The second-order valence-electron chi connectivity index (χ2n) is 2.25. The number of carbonyl (C=O) groups excluding carboxylic acids is 1. The predicted molar refractivity (Wildman–Crippen MR) is 29.9 cm³/mol. The first kappa shape index (κ1) is 5.56. The molecule has 3 nitrogen and oxygen atoms in total. The number of hydrogen-bond acceptors (Lipinski definition) is 2. The van der Waals surface area contributed by atoms with E-state index in [0.717, 1.165) is 12.8 Å². The Kier molecular flexibility index (Phi) is 1.21. The van der Waals surface area contributed by atoms with Crippen LogP contribution in [0.4, 0.5) is 0 Å². The summed E-state index contributed by atoms with van der Waals surface area (Å²) in [5.74, 6) is -0.279. The third-order valence-electron chi connectivity index (χ3n) is 1.69. The quantitative estimate of drug-likeness (QED) is 0.469. The molecule has 0 bridgehead atoms. The molecule has 0 aliphatic heterocycles. The Bertz CT molecular complexity index is 113. The van der Waals surface area contributed by atoms with E-state index in [2.05, 4.69) is 0 Å². The molecule has 0 radical (unpaired) electrons. The van der Waals surface area contributed by atoms with Crippen LogP contribution >= 0.6 is 0 Å². The van der Waals surface area contributed by atoms with E-state index in [4.69, 9.17) is 11.5 Å². The molecule has 0 aromatic rings. The van der Waals surface area contributed by atoms with Crippen LogP contribution in [0.5, 0.6) is 0 Å². The molecular weight excluding hydrogens is 104 g/mol. The summed E-state index contributed by atoms with van der Waals surface area (Å²) < 4.78 is 0. The van der Waals surface area contributed by atoms with Crippen LogP contribution in [-0.4, -0.2) is 11.9 Å². The number of carbonyl (C=O) groups is 1. The van der Waals surface area contributed by atoms with Crippen molar-refractivity contribution in [2.24, 2.45) is 17.4 Å². The van der Waals surface area contributed by atoms with Gasteiger partial charge >= 0.3 is 0 Å². The van der Waals surface area contributed by atoms with Gasteiger partial charge in [-0.25, -0.2) is 0 Å². The topological polar surface area (TPSA) is 69.1 Å². The molecule has 0 aromatic heterocycles. The average Bonchev–Trinajstić information content (AvgIpc) is 1.61. The molecule has 1 amide bonds. The molecule has 0 heterocycles. The third-order valence-corrected chi connectivity index (χ3v) is 1.69. The van der Waals surface area contributed by atoms with Crippen LogP contribution < -0.4 is 11.5 Å². The van der Waals surface area contributed by atoms with Gasteiger partial charge in [-0.2, -0.15) is 0 Å². The van der Waals surface area contributed by atoms with Crippen LogP contribution in [0.25, 0.3) is 0 Å². The highest BCUT2D eigenvalue weighted by Gasteiger charge is 2.31. The molecule has 3 heteroatoms. The van der Waals surface area contributed by atoms with Gasteiger partial charge in [0.05, 0.1) is 5.92 Å². The Morgan fingerprint density at radius 1 is 1.50 bits per heavy atom. The molecule has 1 fully saturated rings. The fourth-order valence-electron chi connectivity index (χ4n) is 0.879. The van der Waals surface area contributed by atoms with Crippen LogP contribution in [0.1, 0.15) is 12.8 Å². The van der Waals surface area contributed by atoms with Crippen molar-refractivity contribution in [2.45, 2.75) is 18.9 Å². The van der Waals surface area contributed by atoms with Gasteiger partial charge in [0.1, 0.15) is 0 Å². The lowest BCUT2D eigenvalue weighted by Gasteiger charge is -2.30. The lowest BCUT2D eigenvalue weighted by Crippen LogP contribution is -2.46. The molecule has 1 rings (SSSR count). The highest BCUT2D eigenvalue weighted by molar-refractivity contribution is 5.78. The number of rotatable bonds is 1. The highest BCUT2D eigenvalue weighted by atomic mass is 16.1. The number of nitrogens with two attached hydrogens (primary N) is 2. The fraction of sp³-hybridized carbons (Fsp3) is 0.800. The Morgan fingerprint density at radius 3 is 2.12 bits per heavy atom. The summed E-state index contributed by atoms with van der Waals surface area (Å²) in [6.07, 6.45) is 1.84. The molecule has 0 spiro atoms. The zero-order chi connectivity index (χ0) is 6.15. The fourth-order valence-corrected chi connectivity index (χ4v) is 0.879. The van der Waals surface area contributed by atoms with Crippen molar-refractivity contribution in [3.05, 3.63) is 0 Å². The van der Waals surface area contributed by atoms with Gasteiger partial charge in [-0.3, -0.25) is 4.79 Å². The van der Waals surface area contributed by atoms with Crippen molar-refractivity contribution in [2.75, 3.05) is 0 Å². The number of primary amides is 1. The molecule has 0 aromatic carbocycles. The van der Waals surface area contributed by atoms with E-state index in [1.54, 1.807) is 0 Å². The smallest absolute Gasteiger partial charge is 0.222 e. The first-order chi connectivity index (χ1) is 3.72. The molecule has 1 aliphatic rings. The molecule has 4 N–H and O–H groups in total. The van der Waals surface area contributed by atoms with Crippen molar-refractivity contribution < 1.29 is 4.79 Å². The van der Waals surface area contributed by atoms with Crippen molar-refractivity contribution >= 4 is 5.91 Å². The lowest BCUT2D eigenvalue weighted by atomic mass is 9.80. The minimum absolute atomic E-state index is 0.0324.